The highest BCUT2D eigenvalue weighted by Crippen LogP contribution is 2.34. The Morgan fingerprint density at radius 3 is 2.38 bits per heavy atom. The van der Waals surface area contributed by atoms with Crippen LogP contribution >= 0.6 is 23.2 Å². The summed E-state index contributed by atoms with van der Waals surface area (Å²) in [7, 11) is 0. The number of carbonyl (C=O) groups is 1. The van der Waals surface area contributed by atoms with E-state index in [0.29, 0.717) is 28.8 Å². The third-order valence-electron chi connectivity index (χ3n) is 7.84. The Labute approximate surface area is 262 Å². The summed E-state index contributed by atoms with van der Waals surface area (Å²) in [6.07, 6.45) is 8.50. The summed E-state index contributed by atoms with van der Waals surface area (Å²) in [4.78, 5) is 18.7. The molecule has 1 aliphatic heterocycles. The van der Waals surface area contributed by atoms with Crippen LogP contribution in [0.2, 0.25) is 10.2 Å². The molecule has 1 aromatic carbocycles. The van der Waals surface area contributed by atoms with E-state index in [9.17, 15) is 4.79 Å². The number of hydrogen-bond acceptors (Lipinski definition) is 5. The molecule has 0 bridgehead atoms. The van der Waals surface area contributed by atoms with Crippen molar-refractivity contribution in [3.63, 3.8) is 0 Å². The van der Waals surface area contributed by atoms with Crippen molar-refractivity contribution in [1.29, 1.82) is 0 Å². The van der Waals surface area contributed by atoms with Crippen LogP contribution in [0, 0.1) is 17.8 Å². The number of nitrogens with zero attached hydrogens (tertiary/aromatic N) is 2. The molecule has 0 saturated carbocycles. The number of halogens is 2. The lowest BCUT2D eigenvalue weighted by Gasteiger charge is -2.27. The number of allylic oxidation sites excluding steroid dienone is 4. The number of H-pyrrole nitrogens is 1. The molecule has 6 nitrogen and oxygen atoms in total. The van der Waals surface area contributed by atoms with Gasteiger partial charge in [0.15, 0.2) is 5.78 Å². The second kappa shape index (κ2) is 16.3. The van der Waals surface area contributed by atoms with Crippen LogP contribution in [-0.4, -0.2) is 39.0 Å². The van der Waals surface area contributed by atoms with Crippen molar-refractivity contribution in [2.24, 2.45) is 22.7 Å². The van der Waals surface area contributed by atoms with E-state index in [1.165, 1.54) is 0 Å². The van der Waals surface area contributed by atoms with E-state index in [2.05, 4.69) is 44.5 Å². The van der Waals surface area contributed by atoms with Gasteiger partial charge in [0.25, 0.3) is 0 Å². The fourth-order valence-electron chi connectivity index (χ4n) is 4.26. The van der Waals surface area contributed by atoms with Gasteiger partial charge in [0.2, 0.25) is 0 Å². The summed E-state index contributed by atoms with van der Waals surface area (Å²) in [5, 5.41) is 16.8. The molecule has 0 spiro atoms. The van der Waals surface area contributed by atoms with E-state index in [-0.39, 0.29) is 23.5 Å². The van der Waals surface area contributed by atoms with Crippen LogP contribution in [0.15, 0.2) is 65.0 Å². The van der Waals surface area contributed by atoms with Gasteiger partial charge in [-0.1, -0.05) is 70.5 Å². The number of nitrogens with one attached hydrogen (secondary N) is 1. The number of rotatable bonds is 11. The Balaban J connectivity index is 0.000000928. The maximum atomic E-state index is 13.9. The summed E-state index contributed by atoms with van der Waals surface area (Å²) in [6, 6.07) is 5.53. The molecule has 2 N–H and O–H groups in total. The molecule has 2 aromatic rings. The van der Waals surface area contributed by atoms with E-state index >= 15 is 0 Å². The van der Waals surface area contributed by atoms with E-state index in [1.54, 1.807) is 32.3 Å². The van der Waals surface area contributed by atoms with Gasteiger partial charge in [0, 0.05) is 22.4 Å². The van der Waals surface area contributed by atoms with Gasteiger partial charge in [-0.2, -0.15) is 5.10 Å². The Morgan fingerprint density at radius 1 is 1.21 bits per heavy atom. The van der Waals surface area contributed by atoms with Gasteiger partial charge in [-0.25, -0.2) is 0 Å². The zero-order valence-electron chi connectivity index (χ0n) is 26.4. The van der Waals surface area contributed by atoms with Crippen LogP contribution < -0.4 is 4.74 Å². The van der Waals surface area contributed by atoms with Crippen LogP contribution in [0.25, 0.3) is 0 Å². The summed E-state index contributed by atoms with van der Waals surface area (Å²) in [6.45, 7) is 20.6. The zero-order valence-corrected chi connectivity index (χ0v) is 27.9. The predicted molar refractivity (Wildman–Crippen MR) is 176 cm³/mol. The molecule has 0 saturated heterocycles. The molecule has 42 heavy (non-hydrogen) atoms. The van der Waals surface area contributed by atoms with Crippen molar-refractivity contribution in [1.82, 2.24) is 10.2 Å². The van der Waals surface area contributed by atoms with E-state index in [4.69, 9.17) is 38.0 Å². The lowest BCUT2D eigenvalue weighted by atomic mass is 9.82. The molecule has 8 heteroatoms. The minimum absolute atomic E-state index is 0.0143. The molecule has 230 valence electrons. The summed E-state index contributed by atoms with van der Waals surface area (Å²) in [5.41, 5.74) is 4.29. The quantitative estimate of drug-likeness (QED) is 0.150. The first-order valence-corrected chi connectivity index (χ1v) is 15.5. The van der Waals surface area contributed by atoms with Gasteiger partial charge in [-0.3, -0.25) is 14.9 Å². The Kier molecular flexibility index (Phi) is 13.7. The minimum Gasteiger partial charge on any atom is -0.493 e. The average Bonchev–Trinajstić information content (AvgIpc) is 3.40. The molecule has 0 fully saturated rings. The zero-order chi connectivity index (χ0) is 31.6. The Hall–Kier alpha value is -2.67. The monoisotopic (exact) mass is 615 g/mol. The summed E-state index contributed by atoms with van der Waals surface area (Å²) >= 11 is 12.5. The first-order chi connectivity index (χ1) is 19.8. The van der Waals surface area contributed by atoms with Crippen LogP contribution in [0.4, 0.5) is 0 Å². The number of aromatic amines is 1. The molecule has 1 aromatic heterocycles. The van der Waals surface area contributed by atoms with Crippen molar-refractivity contribution in [2.75, 3.05) is 6.61 Å². The normalized spacial score (nSPS) is 17.4. The molecule has 3 atom stereocenters. The number of aromatic nitrogens is 2. The maximum Gasteiger partial charge on any atom is 0.170 e. The minimum atomic E-state index is -0.458. The molecule has 2 heterocycles. The molecular weight excluding hydrogens is 569 g/mol. The lowest BCUT2D eigenvalue weighted by Crippen LogP contribution is -2.30. The van der Waals surface area contributed by atoms with Gasteiger partial charge in [0.1, 0.15) is 10.9 Å². The van der Waals surface area contributed by atoms with Crippen molar-refractivity contribution in [3.8, 4) is 5.75 Å². The van der Waals surface area contributed by atoms with Crippen molar-refractivity contribution in [2.45, 2.75) is 86.7 Å². The topological polar surface area (TPSA) is 87.6 Å². The first-order valence-electron chi connectivity index (χ1n) is 14.8. The fourth-order valence-corrected chi connectivity index (χ4v) is 4.65. The third-order valence-corrected chi connectivity index (χ3v) is 8.37. The third kappa shape index (κ3) is 9.68. The summed E-state index contributed by atoms with van der Waals surface area (Å²) < 4.78 is 5.92. The number of carbonyl (C=O) groups excluding carboxylic acids is 1. The molecule has 1 aliphatic rings. The van der Waals surface area contributed by atoms with Gasteiger partial charge in [-0.05, 0) is 87.6 Å². The van der Waals surface area contributed by atoms with Crippen LogP contribution in [-0.2, 0) is 11.2 Å². The van der Waals surface area contributed by atoms with Gasteiger partial charge in [0.05, 0.1) is 35.6 Å². The smallest absolute Gasteiger partial charge is 0.170 e. The van der Waals surface area contributed by atoms with Crippen molar-refractivity contribution >= 4 is 34.7 Å². The number of fused-ring (bicyclic) bond motifs is 1. The molecular formula is C34H47Cl2N3O3. The lowest BCUT2D eigenvalue weighted by molar-refractivity contribution is -0.120. The van der Waals surface area contributed by atoms with Gasteiger partial charge >= 0.3 is 0 Å². The second-order valence-corrected chi connectivity index (χ2v) is 12.3. The SMILES string of the molecule is C=C(C(=C\N=C(c1cn[nH]c1Cl)C(C)CC)/C(=C\C)C(=O)C1COc2ccc(Cl)cc2C1)C(C)CC.CCC(C)(C)O. The molecule has 0 aliphatic carbocycles. The molecule has 3 unspecified atom stereocenters. The van der Waals surface area contributed by atoms with Crippen LogP contribution in [0.1, 0.15) is 85.8 Å². The van der Waals surface area contributed by atoms with Crippen LogP contribution in [0.3, 0.4) is 0 Å². The predicted octanol–water partition coefficient (Wildman–Crippen LogP) is 8.97. The number of aliphatic hydroxyl groups is 1. The van der Waals surface area contributed by atoms with E-state index < -0.39 is 5.60 Å². The van der Waals surface area contributed by atoms with Crippen molar-refractivity contribution in [3.05, 3.63) is 81.3 Å². The number of benzene rings is 1. The summed E-state index contributed by atoms with van der Waals surface area (Å²) in [5.74, 6) is 0.801. The standard InChI is InChI=1S/C29H35Cl2N3O2.C5H12O/c1-7-17(4)19(6)24(14-32-27(18(5)8-2)25-15-33-34-29(25)31)23(9-3)28(35)21-12-20-13-22(30)10-11-26(20)36-16-21;1-4-5(2,3)6/h9-11,13-15,17-18,21H,6-8,12,16H2,1-5H3,(H,33,34);6H,4H2,1-3H3/b23-9+,24-14+,32-27?;. The largest absolute Gasteiger partial charge is 0.493 e. The number of ether oxygens (including phenoxy) is 1. The number of Topliss-reactive ketones (excluding diaryl/α,β-unsaturated/α-hetero) is 1. The molecule has 3 rings (SSSR count). The van der Waals surface area contributed by atoms with Crippen molar-refractivity contribution < 1.29 is 14.6 Å². The Bertz CT molecular complexity index is 1320. The number of aliphatic imine (C=N–C) groups is 1. The van der Waals surface area contributed by atoms with Crippen LogP contribution in [0.5, 0.6) is 5.75 Å². The molecule has 0 radical (unpaired) electrons. The first kappa shape index (κ1) is 35.5. The maximum absolute atomic E-state index is 13.9. The molecule has 0 amide bonds. The fraction of sp³-hybridized carbons (Fsp3) is 0.500. The Morgan fingerprint density at radius 2 is 1.86 bits per heavy atom. The highest BCUT2D eigenvalue weighted by atomic mass is 35.5. The number of ketones is 1. The van der Waals surface area contributed by atoms with E-state index in [0.717, 1.165) is 53.0 Å². The highest BCUT2D eigenvalue weighted by Gasteiger charge is 2.30. The van der Waals surface area contributed by atoms with Gasteiger partial charge < -0.3 is 9.84 Å². The van der Waals surface area contributed by atoms with Gasteiger partial charge in [-0.15, -0.1) is 0 Å². The van der Waals surface area contributed by atoms with E-state index in [1.807, 2.05) is 32.1 Å². The number of hydrogen-bond donors (Lipinski definition) is 2. The highest BCUT2D eigenvalue weighted by molar-refractivity contribution is 6.33. The second-order valence-electron chi connectivity index (χ2n) is 11.5. The average molecular weight is 617 g/mol.